The Bertz CT molecular complexity index is 367. The van der Waals surface area contributed by atoms with Crippen molar-refractivity contribution < 1.29 is 14.4 Å². The minimum atomic E-state index is -0.847. The summed E-state index contributed by atoms with van der Waals surface area (Å²) in [6, 6.07) is 0.139. The van der Waals surface area contributed by atoms with Crippen molar-refractivity contribution in [2.45, 2.75) is 32.2 Å². The van der Waals surface area contributed by atoms with E-state index in [9.17, 15) is 4.79 Å². The number of rotatable bonds is 3. The first-order chi connectivity index (χ1) is 7.18. The second kappa shape index (κ2) is 4.02. The zero-order chi connectivity index (χ0) is 10.8. The van der Waals surface area contributed by atoms with Crippen molar-refractivity contribution in [1.82, 2.24) is 10.5 Å². The van der Waals surface area contributed by atoms with Crippen molar-refractivity contribution >= 4 is 5.97 Å². The van der Waals surface area contributed by atoms with E-state index in [2.05, 4.69) is 10.5 Å². The molecule has 1 fully saturated rings. The van der Waals surface area contributed by atoms with E-state index in [1.165, 1.54) is 0 Å². The lowest BCUT2D eigenvalue weighted by Gasteiger charge is -2.07. The minimum absolute atomic E-state index is 0.0111. The summed E-state index contributed by atoms with van der Waals surface area (Å²) in [7, 11) is 0. The highest BCUT2D eigenvalue weighted by Crippen LogP contribution is 2.27. The molecule has 5 heteroatoms. The van der Waals surface area contributed by atoms with Crippen LogP contribution in [0.4, 0.5) is 0 Å². The number of hydrogen-bond acceptors (Lipinski definition) is 4. The molecule has 1 aromatic heterocycles. The van der Waals surface area contributed by atoms with Gasteiger partial charge in [0.2, 0.25) is 0 Å². The van der Waals surface area contributed by atoms with Crippen LogP contribution in [0.1, 0.15) is 35.9 Å². The number of aryl methyl sites for hydroxylation is 1. The summed E-state index contributed by atoms with van der Waals surface area (Å²) in [4.78, 5) is 10.7. The third-order valence-corrected chi connectivity index (χ3v) is 2.72. The van der Waals surface area contributed by atoms with Crippen LogP contribution in [0.3, 0.4) is 0 Å². The molecule has 0 radical (unpaired) electrons. The first-order valence-corrected chi connectivity index (χ1v) is 5.08. The molecule has 1 atom stereocenters. The van der Waals surface area contributed by atoms with Crippen LogP contribution in [0.25, 0.3) is 0 Å². The van der Waals surface area contributed by atoms with Crippen molar-refractivity contribution in [1.29, 1.82) is 0 Å². The van der Waals surface area contributed by atoms with Crippen LogP contribution in [0, 0.1) is 6.92 Å². The predicted octanol–water partition coefficient (Wildman–Crippen LogP) is 1.03. The second-order valence-corrected chi connectivity index (χ2v) is 3.83. The summed E-state index contributed by atoms with van der Waals surface area (Å²) >= 11 is 0. The predicted molar refractivity (Wildman–Crippen MR) is 52.6 cm³/mol. The average Bonchev–Trinajstić information content (AvgIpc) is 2.76. The van der Waals surface area contributed by atoms with Crippen LogP contribution in [-0.4, -0.2) is 22.8 Å². The highest BCUT2D eigenvalue weighted by molar-refractivity contribution is 5.70. The number of nitrogens with one attached hydrogen (secondary N) is 1. The van der Waals surface area contributed by atoms with E-state index in [1.807, 2.05) is 0 Å². The zero-order valence-electron chi connectivity index (χ0n) is 8.62. The fourth-order valence-electron chi connectivity index (χ4n) is 1.95. The first kappa shape index (κ1) is 10.2. The molecular weight excluding hydrogens is 196 g/mol. The number of nitrogens with zero attached hydrogens (tertiary/aromatic N) is 1. The van der Waals surface area contributed by atoms with Crippen LogP contribution < -0.4 is 5.32 Å². The van der Waals surface area contributed by atoms with E-state index in [0.29, 0.717) is 11.5 Å². The quantitative estimate of drug-likeness (QED) is 0.779. The van der Waals surface area contributed by atoms with Crippen molar-refractivity contribution in [2.24, 2.45) is 0 Å². The maximum Gasteiger partial charge on any atom is 0.308 e. The summed E-state index contributed by atoms with van der Waals surface area (Å²) in [5.41, 5.74) is 1.41. The SMILES string of the molecule is Cc1noc(C2CCCN2)c1CC(=O)O. The van der Waals surface area contributed by atoms with Crippen molar-refractivity contribution in [3.8, 4) is 0 Å². The highest BCUT2D eigenvalue weighted by atomic mass is 16.5. The van der Waals surface area contributed by atoms with Gasteiger partial charge in [-0.1, -0.05) is 5.16 Å². The van der Waals surface area contributed by atoms with Gasteiger partial charge >= 0.3 is 5.97 Å². The molecule has 82 valence electrons. The van der Waals surface area contributed by atoms with Gasteiger partial charge < -0.3 is 14.9 Å². The molecule has 0 saturated carbocycles. The van der Waals surface area contributed by atoms with Gasteiger partial charge in [-0.2, -0.15) is 0 Å². The van der Waals surface area contributed by atoms with E-state index in [0.717, 1.165) is 24.9 Å². The molecule has 2 N–H and O–H groups in total. The van der Waals surface area contributed by atoms with E-state index >= 15 is 0 Å². The van der Waals surface area contributed by atoms with Gasteiger partial charge in [0.05, 0.1) is 18.2 Å². The number of aliphatic carboxylic acids is 1. The van der Waals surface area contributed by atoms with Gasteiger partial charge in [0.1, 0.15) is 0 Å². The maximum absolute atomic E-state index is 10.7. The molecule has 1 aliphatic heterocycles. The van der Waals surface area contributed by atoms with Gasteiger partial charge in [0, 0.05) is 5.56 Å². The number of hydrogen-bond donors (Lipinski definition) is 2. The molecule has 0 aliphatic carbocycles. The molecule has 1 saturated heterocycles. The Kier molecular flexibility index (Phi) is 2.73. The molecule has 1 aliphatic rings. The van der Waals surface area contributed by atoms with Crippen LogP contribution in [0.2, 0.25) is 0 Å². The molecule has 5 nitrogen and oxygen atoms in total. The molecular formula is C10H14N2O3. The number of carboxylic acid groups (broad SMARTS) is 1. The Morgan fingerprint density at radius 1 is 1.73 bits per heavy atom. The van der Waals surface area contributed by atoms with E-state index < -0.39 is 5.97 Å². The highest BCUT2D eigenvalue weighted by Gasteiger charge is 2.26. The van der Waals surface area contributed by atoms with Crippen LogP contribution in [0.15, 0.2) is 4.52 Å². The van der Waals surface area contributed by atoms with Crippen molar-refractivity contribution in [3.63, 3.8) is 0 Å². The van der Waals surface area contributed by atoms with E-state index in [4.69, 9.17) is 9.63 Å². The zero-order valence-corrected chi connectivity index (χ0v) is 8.62. The number of carbonyl (C=O) groups is 1. The molecule has 2 heterocycles. The summed E-state index contributed by atoms with van der Waals surface area (Å²) < 4.78 is 5.20. The molecule has 15 heavy (non-hydrogen) atoms. The molecule has 1 aromatic rings. The van der Waals surface area contributed by atoms with Gasteiger partial charge in [0.15, 0.2) is 5.76 Å². The molecule has 1 unspecified atom stereocenters. The van der Waals surface area contributed by atoms with Gasteiger partial charge in [-0.15, -0.1) is 0 Å². The molecule has 0 aromatic carbocycles. The Morgan fingerprint density at radius 2 is 2.53 bits per heavy atom. The lowest BCUT2D eigenvalue weighted by Crippen LogP contribution is -2.15. The summed E-state index contributed by atoms with van der Waals surface area (Å²) in [6.07, 6.45) is 2.07. The van der Waals surface area contributed by atoms with E-state index in [1.54, 1.807) is 6.92 Å². The third kappa shape index (κ3) is 2.02. The molecule has 0 amide bonds. The largest absolute Gasteiger partial charge is 0.481 e. The topological polar surface area (TPSA) is 75.4 Å². The van der Waals surface area contributed by atoms with Gasteiger partial charge in [0.25, 0.3) is 0 Å². The van der Waals surface area contributed by atoms with E-state index in [-0.39, 0.29) is 12.5 Å². The minimum Gasteiger partial charge on any atom is -0.481 e. The molecule has 0 spiro atoms. The third-order valence-electron chi connectivity index (χ3n) is 2.72. The summed E-state index contributed by atoms with van der Waals surface area (Å²) in [5.74, 6) is -0.145. The van der Waals surface area contributed by atoms with Crippen LogP contribution in [0.5, 0.6) is 0 Å². The normalized spacial score (nSPS) is 20.7. The van der Waals surface area contributed by atoms with Gasteiger partial charge in [-0.3, -0.25) is 4.79 Å². The monoisotopic (exact) mass is 210 g/mol. The standard InChI is InChI=1S/C10H14N2O3/c1-6-7(5-9(13)14)10(15-12-6)8-3-2-4-11-8/h8,11H,2-5H2,1H3,(H,13,14). The lowest BCUT2D eigenvalue weighted by atomic mass is 10.0. The Labute approximate surface area is 87.5 Å². The van der Waals surface area contributed by atoms with Crippen LogP contribution in [-0.2, 0) is 11.2 Å². The van der Waals surface area contributed by atoms with Crippen molar-refractivity contribution in [2.75, 3.05) is 6.54 Å². The number of carboxylic acids is 1. The maximum atomic E-state index is 10.7. The number of aromatic nitrogens is 1. The Morgan fingerprint density at radius 3 is 3.13 bits per heavy atom. The van der Waals surface area contributed by atoms with Crippen molar-refractivity contribution in [3.05, 3.63) is 17.0 Å². The smallest absolute Gasteiger partial charge is 0.308 e. The van der Waals surface area contributed by atoms with Gasteiger partial charge in [-0.05, 0) is 26.3 Å². The van der Waals surface area contributed by atoms with Crippen LogP contribution >= 0.6 is 0 Å². The molecule has 2 rings (SSSR count). The lowest BCUT2D eigenvalue weighted by molar-refractivity contribution is -0.136. The summed E-state index contributed by atoms with van der Waals surface area (Å²) in [5, 5.41) is 15.9. The Balaban J connectivity index is 2.25. The summed E-state index contributed by atoms with van der Waals surface area (Å²) in [6.45, 7) is 2.73. The fraction of sp³-hybridized carbons (Fsp3) is 0.600. The first-order valence-electron chi connectivity index (χ1n) is 5.08. The van der Waals surface area contributed by atoms with Gasteiger partial charge in [-0.25, -0.2) is 0 Å². The Hall–Kier alpha value is -1.36. The fourth-order valence-corrected chi connectivity index (χ4v) is 1.95. The average molecular weight is 210 g/mol. The molecule has 0 bridgehead atoms. The second-order valence-electron chi connectivity index (χ2n) is 3.83.